The van der Waals surface area contributed by atoms with E-state index in [2.05, 4.69) is 123 Å². The van der Waals surface area contributed by atoms with Gasteiger partial charge in [0.05, 0.1) is 0 Å². The van der Waals surface area contributed by atoms with Crippen molar-refractivity contribution in [2.24, 2.45) is 0 Å². The molecule has 0 aromatic heterocycles. The summed E-state index contributed by atoms with van der Waals surface area (Å²) in [4.78, 5) is 0. The first-order valence-corrected chi connectivity index (χ1v) is 21.9. The highest BCUT2D eigenvalue weighted by molar-refractivity contribution is 7.03. The summed E-state index contributed by atoms with van der Waals surface area (Å²) in [5, 5.41) is 3.30. The van der Waals surface area contributed by atoms with Gasteiger partial charge in [0.15, 0.2) is 0 Å². The van der Waals surface area contributed by atoms with Gasteiger partial charge in [-0.05, 0) is 48.2 Å². The van der Waals surface area contributed by atoms with Gasteiger partial charge in [-0.1, -0.05) is 115 Å². The Labute approximate surface area is 219 Å². The van der Waals surface area contributed by atoms with E-state index in [1.54, 1.807) is 0 Å². The molecule has 4 nitrogen and oxygen atoms in total. The van der Waals surface area contributed by atoms with E-state index in [0.29, 0.717) is 0 Å². The highest BCUT2D eigenvalue weighted by atomic mass is 28.5. The van der Waals surface area contributed by atoms with E-state index in [1.807, 2.05) is 18.2 Å². The minimum absolute atomic E-state index is 0.170. The highest BCUT2D eigenvalue weighted by Crippen LogP contribution is 2.39. The lowest BCUT2D eigenvalue weighted by Crippen LogP contribution is -2.76. The van der Waals surface area contributed by atoms with Crippen molar-refractivity contribution in [1.82, 2.24) is 0 Å². The molecule has 1 heterocycles. The lowest BCUT2D eigenvalue weighted by atomic mass is 10.2. The molecular weight excluding hydrogens is 513 g/mol. The average molecular weight is 547 g/mol. The molecule has 0 bridgehead atoms. The van der Waals surface area contributed by atoms with Crippen LogP contribution < -0.4 is 15.6 Å². The fraction of sp³-hybridized carbons (Fsp3) is 0.214. The highest BCUT2D eigenvalue weighted by Gasteiger charge is 2.60. The van der Waals surface area contributed by atoms with Crippen molar-refractivity contribution >= 4 is 49.8 Å². The number of hydrogen-bond donors (Lipinski definition) is 0. The third-order valence-electron chi connectivity index (χ3n) is 7.12. The third-order valence-corrected chi connectivity index (χ3v) is 25.6. The first kappa shape index (κ1) is 25.5. The molecule has 1 fully saturated rings. The SMILES string of the molecule is C[Si]1(c2ccccc2)O[Si](C)(c2ccccc2)O[Si](C)(C2C=CC=CC2)O[Si](C)(c2ccccc2)O1. The van der Waals surface area contributed by atoms with E-state index in [1.165, 1.54) is 0 Å². The predicted molar refractivity (Wildman–Crippen MR) is 156 cm³/mol. The summed E-state index contributed by atoms with van der Waals surface area (Å²) >= 11 is 0. The molecule has 3 unspecified atom stereocenters. The predicted octanol–water partition coefficient (Wildman–Crippen LogP) is 4.96. The van der Waals surface area contributed by atoms with E-state index in [9.17, 15) is 0 Å². The summed E-state index contributed by atoms with van der Waals surface area (Å²) in [6.07, 6.45) is 9.57. The maximum absolute atomic E-state index is 7.36. The van der Waals surface area contributed by atoms with Crippen LogP contribution in [0.15, 0.2) is 115 Å². The van der Waals surface area contributed by atoms with E-state index < -0.39 is 34.2 Å². The van der Waals surface area contributed by atoms with Gasteiger partial charge in [-0.2, -0.15) is 0 Å². The van der Waals surface area contributed by atoms with E-state index in [4.69, 9.17) is 16.5 Å². The molecule has 3 aromatic rings. The molecule has 2 aliphatic rings. The van der Waals surface area contributed by atoms with Crippen LogP contribution in [0.4, 0.5) is 0 Å². The quantitative estimate of drug-likeness (QED) is 0.434. The van der Waals surface area contributed by atoms with Crippen LogP contribution in [0.2, 0.25) is 31.7 Å². The summed E-state index contributed by atoms with van der Waals surface area (Å²) in [6, 6.07) is 31.2. The molecule has 186 valence electrons. The Kier molecular flexibility index (Phi) is 7.05. The van der Waals surface area contributed by atoms with Gasteiger partial charge < -0.3 is 16.5 Å². The number of rotatable bonds is 4. The molecule has 3 aromatic carbocycles. The van der Waals surface area contributed by atoms with Gasteiger partial charge in [-0.25, -0.2) is 0 Å². The normalized spacial score (nSPS) is 34.6. The molecule has 0 saturated carbocycles. The zero-order chi connectivity index (χ0) is 25.3. The maximum atomic E-state index is 7.36. The molecule has 0 radical (unpaired) electrons. The number of benzene rings is 3. The first-order valence-electron chi connectivity index (χ1n) is 12.6. The number of hydrogen-bond acceptors (Lipinski definition) is 4. The largest absolute Gasteiger partial charge is 0.412 e. The fourth-order valence-corrected chi connectivity index (χ4v) is 27.1. The lowest BCUT2D eigenvalue weighted by Gasteiger charge is -2.51. The van der Waals surface area contributed by atoms with Crippen LogP contribution in [0.25, 0.3) is 0 Å². The second kappa shape index (κ2) is 9.96. The van der Waals surface area contributed by atoms with Crippen LogP contribution in [-0.4, -0.2) is 34.2 Å². The van der Waals surface area contributed by atoms with Crippen LogP contribution in [0.5, 0.6) is 0 Å². The van der Waals surface area contributed by atoms with Crippen molar-refractivity contribution in [2.45, 2.75) is 38.2 Å². The van der Waals surface area contributed by atoms with Crippen molar-refractivity contribution in [1.29, 1.82) is 0 Å². The van der Waals surface area contributed by atoms with Gasteiger partial charge >= 0.3 is 34.2 Å². The molecule has 3 atom stereocenters. The van der Waals surface area contributed by atoms with Gasteiger partial charge in [0.25, 0.3) is 0 Å². The number of allylic oxidation sites excluding steroid dienone is 4. The molecule has 1 aliphatic heterocycles. The Morgan fingerprint density at radius 1 is 0.528 bits per heavy atom. The van der Waals surface area contributed by atoms with Gasteiger partial charge in [0.1, 0.15) is 0 Å². The summed E-state index contributed by atoms with van der Waals surface area (Å²) in [5.74, 6) is 0. The van der Waals surface area contributed by atoms with Gasteiger partial charge in [0.2, 0.25) is 0 Å². The Morgan fingerprint density at radius 2 is 0.917 bits per heavy atom. The van der Waals surface area contributed by atoms with Crippen molar-refractivity contribution in [3.05, 3.63) is 115 Å². The van der Waals surface area contributed by atoms with Crippen LogP contribution in [0.3, 0.4) is 0 Å². The fourth-order valence-electron chi connectivity index (χ4n) is 5.30. The van der Waals surface area contributed by atoms with Crippen molar-refractivity contribution in [2.75, 3.05) is 0 Å². The molecule has 8 heteroatoms. The van der Waals surface area contributed by atoms with E-state index in [0.717, 1.165) is 22.0 Å². The zero-order valence-electron chi connectivity index (χ0n) is 21.4. The Bertz CT molecular complexity index is 1180. The van der Waals surface area contributed by atoms with Crippen LogP contribution in [-0.2, 0) is 16.5 Å². The topological polar surface area (TPSA) is 36.9 Å². The first-order chi connectivity index (χ1) is 17.2. The third kappa shape index (κ3) is 5.00. The zero-order valence-corrected chi connectivity index (χ0v) is 25.4. The monoisotopic (exact) mass is 546 g/mol. The van der Waals surface area contributed by atoms with Gasteiger partial charge in [0, 0.05) is 5.54 Å². The molecule has 1 saturated heterocycles. The molecular formula is C28H34O4Si4. The second-order valence-electron chi connectivity index (χ2n) is 10.0. The van der Waals surface area contributed by atoms with Crippen LogP contribution >= 0.6 is 0 Å². The van der Waals surface area contributed by atoms with Crippen molar-refractivity contribution < 1.29 is 16.5 Å². The second-order valence-corrected chi connectivity index (χ2v) is 23.5. The molecule has 0 spiro atoms. The van der Waals surface area contributed by atoms with E-state index in [-0.39, 0.29) is 5.54 Å². The summed E-state index contributed by atoms with van der Waals surface area (Å²) < 4.78 is 29.4. The van der Waals surface area contributed by atoms with E-state index >= 15 is 0 Å². The van der Waals surface area contributed by atoms with Crippen LogP contribution in [0.1, 0.15) is 6.42 Å². The summed E-state index contributed by atoms with van der Waals surface area (Å²) in [5.41, 5.74) is 0.170. The smallest absolute Gasteiger partial charge is 0.352 e. The molecule has 0 N–H and O–H groups in total. The Balaban J connectivity index is 1.69. The minimum atomic E-state index is -2.98. The maximum Gasteiger partial charge on any atom is 0.352 e. The van der Waals surface area contributed by atoms with Gasteiger partial charge in [-0.15, -0.1) is 0 Å². The van der Waals surface area contributed by atoms with Crippen LogP contribution in [0, 0.1) is 0 Å². The average Bonchev–Trinajstić information content (AvgIpc) is 2.90. The van der Waals surface area contributed by atoms with Crippen molar-refractivity contribution in [3.8, 4) is 0 Å². The molecule has 1 aliphatic carbocycles. The summed E-state index contributed by atoms with van der Waals surface area (Å²) in [7, 11) is -11.8. The molecule has 36 heavy (non-hydrogen) atoms. The van der Waals surface area contributed by atoms with Crippen molar-refractivity contribution in [3.63, 3.8) is 0 Å². The molecule has 5 rings (SSSR count). The Hall–Kier alpha value is -2.15. The summed E-state index contributed by atoms with van der Waals surface area (Å²) in [6.45, 7) is 8.71. The minimum Gasteiger partial charge on any atom is -0.412 e. The van der Waals surface area contributed by atoms with Gasteiger partial charge in [-0.3, -0.25) is 0 Å². The lowest BCUT2D eigenvalue weighted by molar-refractivity contribution is 0.241. The Morgan fingerprint density at radius 3 is 1.28 bits per heavy atom. The molecule has 0 amide bonds. The standard InChI is InChI=1S/C28H34O4Si4/c1-33(25-17-9-5-10-18-25)29-34(2,26-19-11-6-12-20-26)31-36(4,28-23-15-8-16-24-28)32-35(3,30-33)27-21-13-7-14-22-27/h5-23,28H,24H2,1-4H3.